The van der Waals surface area contributed by atoms with Crippen molar-refractivity contribution in [3.63, 3.8) is 0 Å². The number of benzene rings is 1. The minimum Gasteiger partial charge on any atom is -0.465 e. The van der Waals surface area contributed by atoms with Gasteiger partial charge in [-0.15, -0.1) is 0 Å². The Balaban J connectivity index is 1.57. The van der Waals surface area contributed by atoms with E-state index in [2.05, 4.69) is 5.32 Å². The summed E-state index contributed by atoms with van der Waals surface area (Å²) in [4.78, 5) is 41.1. The van der Waals surface area contributed by atoms with Gasteiger partial charge in [0.25, 0.3) is 0 Å². The lowest BCUT2D eigenvalue weighted by Gasteiger charge is -2.44. The maximum absolute atomic E-state index is 13.6. The summed E-state index contributed by atoms with van der Waals surface area (Å²) < 4.78 is 21.3. The predicted molar refractivity (Wildman–Crippen MR) is 122 cm³/mol. The normalized spacial score (nSPS) is 22.9. The summed E-state index contributed by atoms with van der Waals surface area (Å²) in [6.45, 7) is 3.49. The van der Waals surface area contributed by atoms with Gasteiger partial charge >= 0.3 is 5.97 Å². The van der Waals surface area contributed by atoms with Gasteiger partial charge in [0, 0.05) is 38.3 Å². The molecule has 2 atom stereocenters. The zero-order valence-electron chi connectivity index (χ0n) is 19.8. The highest BCUT2D eigenvalue weighted by atomic mass is 16.7. The van der Waals surface area contributed by atoms with E-state index in [1.165, 1.54) is 0 Å². The molecule has 3 aliphatic rings. The standard InChI is InChI=1S/C25H32N2O7/c1-3-32-24(30)25-9-4-6-21(25)27(15-17-7-8-19-20(12-17)34-16-33-19)23(29)18(14-25)13-22(28)26-10-5-11-31-2/h6-8,12,18H,3-5,9-11,13-16H2,1-2H3,(H,26,28)/t18-,25+/m1/s1. The molecule has 0 unspecified atom stereocenters. The second-order valence-electron chi connectivity index (χ2n) is 8.84. The molecule has 4 rings (SSSR count). The van der Waals surface area contributed by atoms with Crippen LogP contribution in [0.1, 0.15) is 44.6 Å². The molecule has 2 heterocycles. The third-order valence-electron chi connectivity index (χ3n) is 6.62. The molecule has 2 amide bonds. The van der Waals surface area contributed by atoms with E-state index in [0.717, 1.165) is 5.56 Å². The van der Waals surface area contributed by atoms with E-state index in [4.69, 9.17) is 18.9 Å². The Kier molecular flexibility index (Phi) is 7.41. The Hall–Kier alpha value is -3.07. The summed E-state index contributed by atoms with van der Waals surface area (Å²) in [6.07, 6.45) is 4.20. The average Bonchev–Trinajstić information content (AvgIpc) is 3.47. The first-order valence-corrected chi connectivity index (χ1v) is 11.8. The van der Waals surface area contributed by atoms with E-state index in [9.17, 15) is 14.4 Å². The first kappa shape index (κ1) is 24.1. The lowest BCUT2D eigenvalue weighted by atomic mass is 9.71. The van der Waals surface area contributed by atoms with Crippen molar-refractivity contribution in [2.75, 3.05) is 33.7 Å². The number of carbonyl (C=O) groups excluding carboxylic acids is 3. The molecule has 34 heavy (non-hydrogen) atoms. The molecule has 1 aromatic rings. The highest BCUT2D eigenvalue weighted by Crippen LogP contribution is 2.51. The first-order valence-electron chi connectivity index (χ1n) is 11.8. The number of rotatable bonds is 10. The van der Waals surface area contributed by atoms with Crippen LogP contribution in [-0.2, 0) is 30.4 Å². The number of allylic oxidation sites excluding steroid dienone is 1. The summed E-state index contributed by atoms with van der Waals surface area (Å²) in [5.74, 6) is -0.00747. The van der Waals surface area contributed by atoms with Crippen molar-refractivity contribution < 1.29 is 33.3 Å². The maximum Gasteiger partial charge on any atom is 0.318 e. The van der Waals surface area contributed by atoms with Gasteiger partial charge in [-0.3, -0.25) is 14.4 Å². The Morgan fingerprint density at radius 1 is 1.26 bits per heavy atom. The Labute approximate surface area is 199 Å². The third-order valence-corrected chi connectivity index (χ3v) is 6.62. The molecule has 9 nitrogen and oxygen atoms in total. The van der Waals surface area contributed by atoms with Gasteiger partial charge in [0.2, 0.25) is 18.6 Å². The smallest absolute Gasteiger partial charge is 0.318 e. The largest absolute Gasteiger partial charge is 0.465 e. The van der Waals surface area contributed by atoms with Gasteiger partial charge in [-0.05, 0) is 50.3 Å². The minimum atomic E-state index is -0.915. The zero-order chi connectivity index (χ0) is 24.1. The Morgan fingerprint density at radius 2 is 2.09 bits per heavy atom. The molecular formula is C25H32N2O7. The van der Waals surface area contributed by atoms with Crippen LogP contribution in [0.15, 0.2) is 30.0 Å². The molecule has 0 spiro atoms. The fraction of sp³-hybridized carbons (Fsp3) is 0.560. The molecule has 1 N–H and O–H groups in total. The molecule has 0 saturated carbocycles. The topological polar surface area (TPSA) is 103 Å². The molecule has 2 aliphatic heterocycles. The predicted octanol–water partition coefficient (Wildman–Crippen LogP) is 2.53. The van der Waals surface area contributed by atoms with Gasteiger partial charge in [-0.1, -0.05) is 12.1 Å². The number of likely N-dealkylation sites (tertiary alicyclic amines) is 1. The molecule has 184 valence electrons. The van der Waals surface area contributed by atoms with Crippen molar-refractivity contribution in [3.8, 4) is 11.5 Å². The van der Waals surface area contributed by atoms with Gasteiger partial charge in [-0.2, -0.15) is 0 Å². The van der Waals surface area contributed by atoms with E-state index in [1.54, 1.807) is 18.9 Å². The second-order valence-corrected chi connectivity index (χ2v) is 8.84. The first-order chi connectivity index (χ1) is 16.5. The number of ether oxygens (including phenoxy) is 4. The molecule has 1 fully saturated rings. The lowest BCUT2D eigenvalue weighted by molar-refractivity contribution is -0.161. The molecule has 0 aromatic heterocycles. The van der Waals surface area contributed by atoms with Crippen LogP contribution in [0.25, 0.3) is 0 Å². The van der Waals surface area contributed by atoms with E-state index >= 15 is 0 Å². The highest BCUT2D eigenvalue weighted by molar-refractivity contribution is 5.92. The number of methoxy groups -OCH3 is 1. The summed E-state index contributed by atoms with van der Waals surface area (Å²) in [7, 11) is 1.61. The Morgan fingerprint density at radius 3 is 2.88 bits per heavy atom. The molecule has 0 radical (unpaired) electrons. The zero-order valence-corrected chi connectivity index (χ0v) is 19.8. The molecule has 1 aromatic carbocycles. The van der Waals surface area contributed by atoms with E-state index in [-0.39, 0.29) is 50.6 Å². The number of esters is 1. The van der Waals surface area contributed by atoms with E-state index < -0.39 is 11.3 Å². The van der Waals surface area contributed by atoms with Crippen molar-refractivity contribution in [2.45, 2.75) is 45.6 Å². The number of piperidine rings is 1. The van der Waals surface area contributed by atoms with Crippen LogP contribution in [0, 0.1) is 11.3 Å². The Bertz CT molecular complexity index is 976. The van der Waals surface area contributed by atoms with Gasteiger partial charge in [0.15, 0.2) is 11.5 Å². The van der Waals surface area contributed by atoms with Crippen LogP contribution >= 0.6 is 0 Å². The number of nitrogens with one attached hydrogen (secondary N) is 1. The summed E-state index contributed by atoms with van der Waals surface area (Å²) >= 11 is 0. The number of hydrogen-bond donors (Lipinski definition) is 1. The summed E-state index contributed by atoms with van der Waals surface area (Å²) in [5.41, 5.74) is 0.625. The molecule has 9 heteroatoms. The van der Waals surface area contributed by atoms with Crippen LogP contribution in [0.2, 0.25) is 0 Å². The third kappa shape index (κ3) is 4.75. The number of nitrogens with zero attached hydrogens (tertiary/aromatic N) is 1. The van der Waals surface area contributed by atoms with Crippen LogP contribution in [-0.4, -0.2) is 56.3 Å². The fourth-order valence-electron chi connectivity index (χ4n) is 5.04. The number of fused-ring (bicyclic) bond motifs is 2. The molecule has 1 saturated heterocycles. The lowest BCUT2D eigenvalue weighted by Crippen LogP contribution is -2.52. The summed E-state index contributed by atoms with van der Waals surface area (Å²) in [5, 5.41) is 2.85. The van der Waals surface area contributed by atoms with Crippen molar-refractivity contribution in [2.24, 2.45) is 11.3 Å². The summed E-state index contributed by atoms with van der Waals surface area (Å²) in [6, 6.07) is 5.55. The number of hydrogen-bond acceptors (Lipinski definition) is 7. The monoisotopic (exact) mass is 472 g/mol. The maximum atomic E-state index is 13.6. The van der Waals surface area contributed by atoms with Crippen molar-refractivity contribution >= 4 is 17.8 Å². The van der Waals surface area contributed by atoms with Crippen molar-refractivity contribution in [1.82, 2.24) is 10.2 Å². The van der Waals surface area contributed by atoms with Gasteiger partial charge in [0.1, 0.15) is 5.41 Å². The fourth-order valence-corrected chi connectivity index (χ4v) is 5.04. The number of amides is 2. The van der Waals surface area contributed by atoms with Crippen molar-refractivity contribution in [3.05, 3.63) is 35.5 Å². The second kappa shape index (κ2) is 10.5. The SMILES string of the molecule is CCOC(=O)[C@]12CCC=C1N(Cc1ccc3c(c1)OCO3)C(=O)[C@H](CC(=O)NCCCOC)C2. The average molecular weight is 473 g/mol. The molecular weight excluding hydrogens is 440 g/mol. The quantitative estimate of drug-likeness (QED) is 0.412. The van der Waals surface area contributed by atoms with Crippen LogP contribution in [0.4, 0.5) is 0 Å². The molecule has 1 aliphatic carbocycles. The van der Waals surface area contributed by atoms with Gasteiger partial charge < -0.3 is 29.2 Å². The van der Waals surface area contributed by atoms with E-state index in [1.807, 2.05) is 24.3 Å². The van der Waals surface area contributed by atoms with Crippen LogP contribution in [0.5, 0.6) is 11.5 Å². The molecule has 0 bridgehead atoms. The van der Waals surface area contributed by atoms with Crippen LogP contribution < -0.4 is 14.8 Å². The van der Waals surface area contributed by atoms with Gasteiger partial charge in [0.05, 0.1) is 13.2 Å². The van der Waals surface area contributed by atoms with Crippen molar-refractivity contribution in [1.29, 1.82) is 0 Å². The number of carbonyl (C=O) groups is 3. The van der Waals surface area contributed by atoms with Crippen LogP contribution in [0.3, 0.4) is 0 Å². The van der Waals surface area contributed by atoms with E-state index in [0.29, 0.717) is 49.6 Å². The highest BCUT2D eigenvalue weighted by Gasteiger charge is 2.55. The van der Waals surface area contributed by atoms with Gasteiger partial charge in [-0.25, -0.2) is 0 Å². The minimum absolute atomic E-state index is 0.0257.